The lowest BCUT2D eigenvalue weighted by atomic mass is 10.3. The SMILES string of the molecule is I.NC(=NCC(=O)Nc1cccnc1)Nc1cccc(Oc2ccccc2)c1. The van der Waals surface area contributed by atoms with Crippen molar-refractivity contribution in [1.82, 2.24) is 4.98 Å². The number of aliphatic imine (C=N–C) groups is 1. The molecule has 0 fully saturated rings. The Morgan fingerprint density at radius 2 is 1.71 bits per heavy atom. The monoisotopic (exact) mass is 489 g/mol. The molecule has 28 heavy (non-hydrogen) atoms. The number of halogens is 1. The van der Waals surface area contributed by atoms with E-state index < -0.39 is 0 Å². The number of nitrogens with zero attached hydrogens (tertiary/aromatic N) is 2. The Balaban J connectivity index is 0.00000280. The van der Waals surface area contributed by atoms with Crippen LogP contribution in [0.15, 0.2) is 84.1 Å². The van der Waals surface area contributed by atoms with Crippen LogP contribution in [0.4, 0.5) is 11.4 Å². The summed E-state index contributed by atoms with van der Waals surface area (Å²) in [6.45, 7) is -0.103. The maximum atomic E-state index is 11.9. The van der Waals surface area contributed by atoms with E-state index in [9.17, 15) is 4.79 Å². The molecule has 4 N–H and O–H groups in total. The molecular formula is C20H20IN5O2. The van der Waals surface area contributed by atoms with Crippen molar-refractivity contribution < 1.29 is 9.53 Å². The van der Waals surface area contributed by atoms with E-state index in [4.69, 9.17) is 10.5 Å². The van der Waals surface area contributed by atoms with Crippen molar-refractivity contribution in [2.75, 3.05) is 17.2 Å². The van der Waals surface area contributed by atoms with Gasteiger partial charge in [-0.05, 0) is 36.4 Å². The first-order chi connectivity index (χ1) is 13.2. The van der Waals surface area contributed by atoms with E-state index in [1.165, 1.54) is 0 Å². The summed E-state index contributed by atoms with van der Waals surface area (Å²) in [6, 6.07) is 20.3. The first-order valence-corrected chi connectivity index (χ1v) is 8.29. The van der Waals surface area contributed by atoms with Crippen LogP contribution in [0.3, 0.4) is 0 Å². The summed E-state index contributed by atoms with van der Waals surface area (Å²) in [5.41, 5.74) is 7.17. The molecule has 8 heteroatoms. The third-order valence-corrected chi connectivity index (χ3v) is 3.42. The molecule has 0 aliphatic heterocycles. The predicted molar refractivity (Wildman–Crippen MR) is 121 cm³/mol. The van der Waals surface area contributed by atoms with Gasteiger partial charge in [-0.1, -0.05) is 24.3 Å². The van der Waals surface area contributed by atoms with Crippen molar-refractivity contribution in [1.29, 1.82) is 0 Å². The van der Waals surface area contributed by atoms with Gasteiger partial charge in [-0.25, -0.2) is 4.99 Å². The summed E-state index contributed by atoms with van der Waals surface area (Å²) in [5.74, 6) is 1.25. The Kier molecular flexibility index (Phi) is 8.22. The van der Waals surface area contributed by atoms with Gasteiger partial charge in [0.15, 0.2) is 5.96 Å². The standard InChI is InChI=1S/C20H19N5O2.HI/c21-20(23-14-19(26)24-16-7-5-11-22-13-16)25-15-6-4-10-18(12-15)27-17-8-2-1-3-9-17;/h1-13H,14H2,(H,24,26)(H3,21,23,25);1H. The summed E-state index contributed by atoms with van der Waals surface area (Å²) in [6.07, 6.45) is 3.19. The fraction of sp³-hybridized carbons (Fsp3) is 0.0500. The van der Waals surface area contributed by atoms with E-state index in [0.29, 0.717) is 17.1 Å². The number of carbonyl (C=O) groups is 1. The van der Waals surface area contributed by atoms with Crippen LogP contribution in [0.2, 0.25) is 0 Å². The number of rotatable bonds is 6. The summed E-state index contributed by atoms with van der Waals surface area (Å²) in [5, 5.41) is 5.63. The van der Waals surface area contributed by atoms with Crippen molar-refractivity contribution in [3.8, 4) is 11.5 Å². The number of pyridine rings is 1. The molecule has 0 aliphatic rings. The maximum Gasteiger partial charge on any atom is 0.246 e. The zero-order valence-corrected chi connectivity index (χ0v) is 17.2. The molecular weight excluding hydrogens is 469 g/mol. The number of amides is 1. The van der Waals surface area contributed by atoms with Gasteiger partial charge in [0, 0.05) is 18.0 Å². The van der Waals surface area contributed by atoms with Gasteiger partial charge < -0.3 is 21.1 Å². The minimum Gasteiger partial charge on any atom is -0.457 e. The summed E-state index contributed by atoms with van der Waals surface area (Å²) >= 11 is 0. The lowest BCUT2D eigenvalue weighted by Crippen LogP contribution is -2.25. The number of carbonyl (C=O) groups excluding carboxylic acids is 1. The van der Waals surface area contributed by atoms with Gasteiger partial charge in [0.25, 0.3) is 0 Å². The largest absolute Gasteiger partial charge is 0.457 e. The van der Waals surface area contributed by atoms with Crippen LogP contribution in [0.1, 0.15) is 0 Å². The van der Waals surface area contributed by atoms with Crippen LogP contribution >= 0.6 is 24.0 Å². The van der Waals surface area contributed by atoms with E-state index in [0.717, 1.165) is 5.75 Å². The Labute approximate surface area is 180 Å². The molecule has 2 aromatic carbocycles. The highest BCUT2D eigenvalue weighted by molar-refractivity contribution is 14.0. The third kappa shape index (κ3) is 6.88. The molecule has 0 saturated heterocycles. The lowest BCUT2D eigenvalue weighted by Gasteiger charge is -2.09. The Morgan fingerprint density at radius 1 is 0.964 bits per heavy atom. The van der Waals surface area contributed by atoms with Gasteiger partial charge in [-0.3, -0.25) is 9.78 Å². The number of hydrogen-bond donors (Lipinski definition) is 3. The fourth-order valence-corrected chi connectivity index (χ4v) is 2.24. The maximum absolute atomic E-state index is 11.9. The minimum atomic E-state index is -0.283. The van der Waals surface area contributed by atoms with Crippen LogP contribution < -0.4 is 21.1 Å². The number of hydrogen-bond acceptors (Lipinski definition) is 4. The third-order valence-electron chi connectivity index (χ3n) is 3.42. The second-order valence-corrected chi connectivity index (χ2v) is 5.56. The van der Waals surface area contributed by atoms with E-state index in [2.05, 4.69) is 20.6 Å². The zero-order chi connectivity index (χ0) is 18.9. The summed E-state index contributed by atoms with van der Waals surface area (Å²) in [7, 11) is 0. The Bertz CT molecular complexity index is 920. The number of guanidine groups is 1. The van der Waals surface area contributed by atoms with Crippen LogP contribution in [0.5, 0.6) is 11.5 Å². The molecule has 1 amide bonds. The predicted octanol–water partition coefficient (Wildman–Crippen LogP) is 3.86. The van der Waals surface area contributed by atoms with Crippen molar-refractivity contribution in [2.45, 2.75) is 0 Å². The number of para-hydroxylation sites is 1. The van der Waals surface area contributed by atoms with Crippen LogP contribution in [-0.4, -0.2) is 23.4 Å². The van der Waals surface area contributed by atoms with Gasteiger partial charge in [0.1, 0.15) is 18.0 Å². The molecule has 144 valence electrons. The van der Waals surface area contributed by atoms with Gasteiger partial charge >= 0.3 is 0 Å². The van der Waals surface area contributed by atoms with E-state index in [1.807, 2.05) is 48.5 Å². The molecule has 0 atom stereocenters. The number of nitrogens with one attached hydrogen (secondary N) is 2. The van der Waals surface area contributed by atoms with Gasteiger partial charge in [0.05, 0.1) is 11.9 Å². The lowest BCUT2D eigenvalue weighted by molar-refractivity contribution is -0.114. The molecule has 1 aromatic heterocycles. The molecule has 3 aromatic rings. The number of ether oxygens (including phenoxy) is 1. The number of anilines is 2. The number of aromatic nitrogens is 1. The topological polar surface area (TPSA) is 102 Å². The average Bonchev–Trinajstić information content (AvgIpc) is 2.68. The normalized spacial score (nSPS) is 10.5. The smallest absolute Gasteiger partial charge is 0.246 e. The first-order valence-electron chi connectivity index (χ1n) is 8.29. The fourth-order valence-electron chi connectivity index (χ4n) is 2.24. The van der Waals surface area contributed by atoms with Crippen molar-refractivity contribution in [3.63, 3.8) is 0 Å². The van der Waals surface area contributed by atoms with E-state index >= 15 is 0 Å². The molecule has 7 nitrogen and oxygen atoms in total. The van der Waals surface area contributed by atoms with Gasteiger partial charge in [-0.15, -0.1) is 24.0 Å². The molecule has 0 aliphatic carbocycles. The zero-order valence-electron chi connectivity index (χ0n) is 14.9. The highest BCUT2D eigenvalue weighted by Crippen LogP contribution is 2.23. The molecule has 0 saturated carbocycles. The molecule has 1 heterocycles. The van der Waals surface area contributed by atoms with E-state index in [1.54, 1.807) is 30.6 Å². The number of benzene rings is 2. The molecule has 3 rings (SSSR count). The summed E-state index contributed by atoms with van der Waals surface area (Å²) < 4.78 is 5.77. The first kappa shape index (κ1) is 21.2. The second-order valence-electron chi connectivity index (χ2n) is 5.56. The van der Waals surface area contributed by atoms with Crippen LogP contribution in [-0.2, 0) is 4.79 Å². The molecule has 0 bridgehead atoms. The number of nitrogens with two attached hydrogens (primary N) is 1. The molecule has 0 radical (unpaired) electrons. The van der Waals surface area contributed by atoms with E-state index in [-0.39, 0.29) is 42.4 Å². The van der Waals surface area contributed by atoms with Crippen LogP contribution in [0.25, 0.3) is 0 Å². The highest BCUT2D eigenvalue weighted by Gasteiger charge is 2.03. The highest BCUT2D eigenvalue weighted by atomic mass is 127. The quantitative estimate of drug-likeness (QED) is 0.277. The Hall–Kier alpha value is -3.14. The van der Waals surface area contributed by atoms with Crippen LogP contribution in [0, 0.1) is 0 Å². The van der Waals surface area contributed by atoms with Crippen molar-refractivity contribution >= 4 is 47.2 Å². The summed E-state index contributed by atoms with van der Waals surface area (Å²) in [4.78, 5) is 19.8. The van der Waals surface area contributed by atoms with Crippen molar-refractivity contribution in [3.05, 3.63) is 79.1 Å². The second kappa shape index (κ2) is 10.9. The molecule has 0 unspecified atom stereocenters. The average molecular weight is 489 g/mol. The molecule has 0 spiro atoms. The Morgan fingerprint density at radius 3 is 2.46 bits per heavy atom. The van der Waals surface area contributed by atoms with Gasteiger partial charge in [0.2, 0.25) is 5.91 Å². The van der Waals surface area contributed by atoms with Crippen molar-refractivity contribution in [2.24, 2.45) is 10.7 Å². The van der Waals surface area contributed by atoms with Gasteiger partial charge in [-0.2, -0.15) is 0 Å². The minimum absolute atomic E-state index is 0.